The average Bonchev–Trinajstić information content (AvgIpc) is 3.34. The van der Waals surface area contributed by atoms with Gasteiger partial charge in [0, 0.05) is 58.5 Å². The van der Waals surface area contributed by atoms with Gasteiger partial charge in [0.05, 0.1) is 17.6 Å². The Labute approximate surface area is 203 Å². The van der Waals surface area contributed by atoms with E-state index in [9.17, 15) is 18.4 Å². The van der Waals surface area contributed by atoms with E-state index >= 15 is 0 Å². The van der Waals surface area contributed by atoms with Crippen molar-refractivity contribution in [1.82, 2.24) is 20.3 Å². The Bertz CT molecular complexity index is 1060. The zero-order valence-corrected chi connectivity index (χ0v) is 20.3. The first-order valence-corrected chi connectivity index (χ1v) is 12.0. The summed E-state index contributed by atoms with van der Waals surface area (Å²) in [5.74, 6) is -2.50. The number of aromatic nitrogens is 1. The van der Waals surface area contributed by atoms with Crippen LogP contribution in [0.25, 0.3) is 11.3 Å². The third-order valence-electron chi connectivity index (χ3n) is 7.10. The SMILES string of the molecule is COC1CCCCC1N1CCC(NC(=O)c2cc(-c3ccc(F)cc3F)on2)C(C(=O)N(C)C)C1. The van der Waals surface area contributed by atoms with Crippen molar-refractivity contribution in [2.45, 2.75) is 50.3 Å². The molecule has 2 aliphatic rings. The highest BCUT2D eigenvalue weighted by atomic mass is 19.1. The molecule has 4 rings (SSSR count). The molecule has 2 fully saturated rings. The number of ether oxygens (including phenoxy) is 1. The third kappa shape index (κ3) is 5.54. The van der Waals surface area contributed by atoms with Gasteiger partial charge in [-0.3, -0.25) is 14.5 Å². The van der Waals surface area contributed by atoms with Gasteiger partial charge in [-0.25, -0.2) is 8.78 Å². The van der Waals surface area contributed by atoms with Crippen molar-refractivity contribution in [2.24, 2.45) is 5.92 Å². The van der Waals surface area contributed by atoms with Crippen LogP contribution in [0.2, 0.25) is 0 Å². The second-order valence-electron chi connectivity index (χ2n) is 9.53. The minimum absolute atomic E-state index is 0.00657. The Morgan fingerprint density at radius 3 is 2.66 bits per heavy atom. The standard InChI is InChI=1S/C25H32F2N4O4/c1-30(2)25(33)17-14-31(21-6-4-5-7-22(21)34-3)11-10-19(17)28-24(32)20-13-23(35-29-20)16-9-8-15(26)12-18(16)27/h8-9,12-13,17,19,21-22H,4-7,10-11,14H2,1-3H3,(H,28,32). The van der Waals surface area contributed by atoms with Gasteiger partial charge in [0.1, 0.15) is 11.6 Å². The molecular formula is C25H32F2N4O4. The number of likely N-dealkylation sites (tertiary alicyclic amines) is 1. The Morgan fingerprint density at radius 2 is 1.94 bits per heavy atom. The van der Waals surface area contributed by atoms with E-state index in [1.165, 1.54) is 12.1 Å². The molecule has 2 aromatic rings. The van der Waals surface area contributed by atoms with Gasteiger partial charge in [0.25, 0.3) is 5.91 Å². The molecule has 1 N–H and O–H groups in total. The largest absolute Gasteiger partial charge is 0.380 e. The number of amides is 2. The van der Waals surface area contributed by atoms with Gasteiger partial charge in [-0.2, -0.15) is 0 Å². The summed E-state index contributed by atoms with van der Waals surface area (Å²) in [6, 6.07) is 4.25. The molecule has 190 valence electrons. The molecule has 1 saturated carbocycles. The number of carbonyl (C=O) groups is 2. The molecule has 1 aromatic carbocycles. The molecule has 1 aromatic heterocycles. The van der Waals surface area contributed by atoms with Crippen LogP contribution >= 0.6 is 0 Å². The van der Waals surface area contributed by atoms with Crippen molar-refractivity contribution in [3.63, 3.8) is 0 Å². The molecule has 0 radical (unpaired) electrons. The summed E-state index contributed by atoms with van der Waals surface area (Å²) in [5.41, 5.74) is -0.0268. The first-order chi connectivity index (χ1) is 16.8. The number of halogens is 2. The second-order valence-corrected chi connectivity index (χ2v) is 9.53. The van der Waals surface area contributed by atoms with E-state index in [1.54, 1.807) is 26.1 Å². The van der Waals surface area contributed by atoms with Crippen molar-refractivity contribution in [1.29, 1.82) is 0 Å². The fraction of sp³-hybridized carbons (Fsp3) is 0.560. The molecule has 4 atom stereocenters. The van der Waals surface area contributed by atoms with Gasteiger partial charge in [-0.05, 0) is 31.4 Å². The van der Waals surface area contributed by atoms with Crippen molar-refractivity contribution in [3.05, 3.63) is 41.6 Å². The van der Waals surface area contributed by atoms with E-state index in [-0.39, 0.29) is 41.1 Å². The lowest BCUT2D eigenvalue weighted by Gasteiger charge is -2.45. The normalized spacial score (nSPS) is 25.3. The monoisotopic (exact) mass is 490 g/mol. The minimum atomic E-state index is -0.811. The lowest BCUT2D eigenvalue weighted by Crippen LogP contribution is -2.59. The van der Waals surface area contributed by atoms with E-state index in [1.807, 2.05) is 0 Å². The van der Waals surface area contributed by atoms with Crippen LogP contribution in [0.3, 0.4) is 0 Å². The molecule has 2 heterocycles. The van der Waals surface area contributed by atoms with E-state index in [2.05, 4.69) is 15.4 Å². The summed E-state index contributed by atoms with van der Waals surface area (Å²) in [6.07, 6.45) is 5.05. The molecule has 35 heavy (non-hydrogen) atoms. The van der Waals surface area contributed by atoms with Crippen molar-refractivity contribution in [2.75, 3.05) is 34.3 Å². The number of hydrogen-bond acceptors (Lipinski definition) is 6. The molecule has 10 heteroatoms. The predicted octanol–water partition coefficient (Wildman–Crippen LogP) is 3.09. The van der Waals surface area contributed by atoms with Crippen LogP contribution in [0.5, 0.6) is 0 Å². The van der Waals surface area contributed by atoms with Crippen LogP contribution in [0, 0.1) is 17.6 Å². The maximum Gasteiger partial charge on any atom is 0.273 e. The van der Waals surface area contributed by atoms with Crippen molar-refractivity contribution < 1.29 is 27.6 Å². The number of methoxy groups -OCH3 is 1. The molecule has 2 amide bonds. The Morgan fingerprint density at radius 1 is 1.17 bits per heavy atom. The fourth-order valence-corrected chi connectivity index (χ4v) is 5.24. The lowest BCUT2D eigenvalue weighted by atomic mass is 9.85. The van der Waals surface area contributed by atoms with Gasteiger partial charge in [0.15, 0.2) is 11.5 Å². The maximum atomic E-state index is 14.1. The van der Waals surface area contributed by atoms with Crippen LogP contribution in [0.15, 0.2) is 28.8 Å². The summed E-state index contributed by atoms with van der Waals surface area (Å²) < 4.78 is 38.2. The van der Waals surface area contributed by atoms with E-state index in [4.69, 9.17) is 9.26 Å². The zero-order chi connectivity index (χ0) is 25.1. The molecule has 1 saturated heterocycles. The van der Waals surface area contributed by atoms with Crippen LogP contribution in [0.4, 0.5) is 8.78 Å². The van der Waals surface area contributed by atoms with Crippen LogP contribution in [0.1, 0.15) is 42.6 Å². The lowest BCUT2D eigenvalue weighted by molar-refractivity contribution is -0.137. The average molecular weight is 491 g/mol. The first kappa shape index (κ1) is 25.2. The summed E-state index contributed by atoms with van der Waals surface area (Å²) in [7, 11) is 5.15. The van der Waals surface area contributed by atoms with E-state index in [0.29, 0.717) is 13.0 Å². The van der Waals surface area contributed by atoms with Gasteiger partial charge < -0.3 is 19.5 Å². The Balaban J connectivity index is 1.48. The topological polar surface area (TPSA) is 87.9 Å². The number of benzene rings is 1. The van der Waals surface area contributed by atoms with Crippen molar-refractivity contribution >= 4 is 11.8 Å². The number of hydrogen-bond donors (Lipinski definition) is 1. The van der Waals surface area contributed by atoms with E-state index < -0.39 is 23.5 Å². The smallest absolute Gasteiger partial charge is 0.273 e. The first-order valence-electron chi connectivity index (χ1n) is 12.0. The highest BCUT2D eigenvalue weighted by molar-refractivity contribution is 5.94. The number of carbonyl (C=O) groups excluding carboxylic acids is 2. The van der Waals surface area contributed by atoms with Gasteiger partial charge in [-0.15, -0.1) is 0 Å². The molecule has 1 aliphatic carbocycles. The zero-order valence-electron chi connectivity index (χ0n) is 20.3. The molecule has 0 spiro atoms. The Hall–Kier alpha value is -2.85. The summed E-state index contributed by atoms with van der Waals surface area (Å²) in [4.78, 5) is 29.9. The number of nitrogens with zero attached hydrogens (tertiary/aromatic N) is 3. The molecule has 4 unspecified atom stereocenters. The molecule has 0 bridgehead atoms. The van der Waals surface area contributed by atoms with Gasteiger partial charge in [-0.1, -0.05) is 18.0 Å². The summed E-state index contributed by atoms with van der Waals surface area (Å²) >= 11 is 0. The number of nitrogens with one attached hydrogen (secondary N) is 1. The number of piperidine rings is 1. The van der Waals surface area contributed by atoms with Gasteiger partial charge >= 0.3 is 0 Å². The van der Waals surface area contributed by atoms with Gasteiger partial charge in [0.2, 0.25) is 5.91 Å². The summed E-state index contributed by atoms with van der Waals surface area (Å²) in [5, 5.41) is 6.70. The molecular weight excluding hydrogens is 458 g/mol. The predicted molar refractivity (Wildman–Crippen MR) is 125 cm³/mol. The maximum absolute atomic E-state index is 14.1. The second kappa shape index (κ2) is 10.8. The van der Waals surface area contributed by atoms with Crippen molar-refractivity contribution in [3.8, 4) is 11.3 Å². The van der Waals surface area contributed by atoms with Crippen LogP contribution in [-0.2, 0) is 9.53 Å². The van der Waals surface area contributed by atoms with Crippen LogP contribution < -0.4 is 5.32 Å². The molecule has 8 nitrogen and oxygen atoms in total. The number of rotatable bonds is 6. The fourth-order valence-electron chi connectivity index (χ4n) is 5.24. The quantitative estimate of drug-likeness (QED) is 0.670. The minimum Gasteiger partial charge on any atom is -0.380 e. The third-order valence-corrected chi connectivity index (χ3v) is 7.10. The highest BCUT2D eigenvalue weighted by Gasteiger charge is 2.41. The van der Waals surface area contributed by atoms with E-state index in [0.717, 1.165) is 44.4 Å². The Kier molecular flexibility index (Phi) is 7.81. The highest BCUT2D eigenvalue weighted by Crippen LogP contribution is 2.30. The van der Waals surface area contributed by atoms with Crippen LogP contribution in [-0.4, -0.2) is 79.3 Å². The summed E-state index contributed by atoms with van der Waals surface area (Å²) in [6.45, 7) is 1.26. The molecule has 1 aliphatic heterocycles.